The Bertz CT molecular complexity index is 1100. The van der Waals surface area contributed by atoms with Gasteiger partial charge in [0, 0.05) is 19.8 Å². The average molecular weight is 514 g/mol. The van der Waals surface area contributed by atoms with Crippen LogP contribution in [-0.4, -0.2) is 64.0 Å². The van der Waals surface area contributed by atoms with Crippen LogP contribution in [0.5, 0.6) is 11.5 Å². The normalized spacial score (nSPS) is 17.4. The molecule has 202 valence electrons. The van der Waals surface area contributed by atoms with E-state index in [1.54, 1.807) is 0 Å². The summed E-state index contributed by atoms with van der Waals surface area (Å²) in [4.78, 5) is 4.81. The van der Waals surface area contributed by atoms with Gasteiger partial charge in [-0.1, -0.05) is 18.2 Å². The summed E-state index contributed by atoms with van der Waals surface area (Å²) >= 11 is 0. The number of aliphatic hydroxyl groups excluding tert-OH is 3. The first-order chi connectivity index (χ1) is 18.2. The van der Waals surface area contributed by atoms with Crippen LogP contribution >= 0.6 is 0 Å². The van der Waals surface area contributed by atoms with Crippen molar-refractivity contribution in [2.24, 2.45) is 0 Å². The third kappa shape index (κ3) is 7.35. The molecule has 0 amide bonds. The van der Waals surface area contributed by atoms with E-state index in [1.807, 2.05) is 42.5 Å². The maximum absolute atomic E-state index is 9.54. The Morgan fingerprint density at radius 3 is 2.43 bits per heavy atom. The molecule has 1 aliphatic rings. The summed E-state index contributed by atoms with van der Waals surface area (Å²) < 4.78 is 20.2. The van der Waals surface area contributed by atoms with E-state index in [0.717, 1.165) is 61.1 Å². The van der Waals surface area contributed by atoms with Crippen molar-refractivity contribution in [1.29, 1.82) is 0 Å². The molecule has 1 fully saturated rings. The zero-order chi connectivity index (χ0) is 25.9. The summed E-state index contributed by atoms with van der Waals surface area (Å²) in [5.41, 5.74) is 2.90. The van der Waals surface area contributed by atoms with Crippen LogP contribution in [0.15, 0.2) is 42.5 Å². The van der Waals surface area contributed by atoms with Crippen molar-refractivity contribution in [1.82, 2.24) is 9.55 Å². The lowest BCUT2D eigenvalue weighted by atomic mass is 10.2. The van der Waals surface area contributed by atoms with Gasteiger partial charge in [0.25, 0.3) is 0 Å². The summed E-state index contributed by atoms with van der Waals surface area (Å²) in [5.74, 6) is 2.09. The van der Waals surface area contributed by atoms with Crippen molar-refractivity contribution >= 4 is 17.0 Å². The standard InChI is InChI=1S/C28H39N3O6/c32-14-4-1-6-16-35-25-12-10-21(18-26(25)36-17-7-5-15-33)19-29-28-30-23-8-2-3-9-24(23)31(28)27-13-11-22(20-34)37-27/h2-3,8-10,12,18,22,27,32-34H,1,4-7,11,13-17,19-20H2,(H,29,30)/t22-,27+/m0/s1. The highest BCUT2D eigenvalue weighted by atomic mass is 16.5. The number of fused-ring (bicyclic) bond motifs is 1. The molecule has 4 N–H and O–H groups in total. The van der Waals surface area contributed by atoms with E-state index in [4.69, 9.17) is 29.4 Å². The van der Waals surface area contributed by atoms with Gasteiger partial charge in [-0.05, 0) is 74.8 Å². The number of rotatable bonds is 16. The van der Waals surface area contributed by atoms with Crippen molar-refractivity contribution in [3.63, 3.8) is 0 Å². The minimum Gasteiger partial charge on any atom is -0.490 e. The van der Waals surface area contributed by atoms with Crippen LogP contribution in [0.1, 0.15) is 56.7 Å². The molecule has 1 aromatic heterocycles. The molecular weight excluding hydrogens is 474 g/mol. The van der Waals surface area contributed by atoms with Crippen molar-refractivity contribution in [2.45, 2.75) is 63.8 Å². The van der Waals surface area contributed by atoms with Crippen LogP contribution in [0, 0.1) is 0 Å². The van der Waals surface area contributed by atoms with E-state index in [9.17, 15) is 5.11 Å². The van der Waals surface area contributed by atoms with Crippen LogP contribution in [0.2, 0.25) is 0 Å². The highest BCUT2D eigenvalue weighted by Gasteiger charge is 2.29. The quantitative estimate of drug-likeness (QED) is 0.212. The van der Waals surface area contributed by atoms with E-state index in [0.29, 0.717) is 37.7 Å². The second-order valence-electron chi connectivity index (χ2n) is 9.31. The Labute approximate surface area is 218 Å². The minimum atomic E-state index is -0.181. The third-order valence-corrected chi connectivity index (χ3v) is 6.50. The summed E-state index contributed by atoms with van der Waals surface area (Å²) in [6, 6.07) is 13.9. The highest BCUT2D eigenvalue weighted by Crippen LogP contribution is 2.35. The summed E-state index contributed by atoms with van der Waals surface area (Å²) in [6.07, 6.45) is 5.29. The largest absolute Gasteiger partial charge is 0.490 e. The predicted octanol–water partition coefficient (Wildman–Crippen LogP) is 4.01. The monoisotopic (exact) mass is 513 g/mol. The number of hydrogen-bond acceptors (Lipinski definition) is 8. The SMILES string of the molecule is OCCCCCOc1ccc(CNc2nc3ccccc3n2[C@H]2CC[C@@H](CO)O2)cc1OCCCCO. The number of ether oxygens (including phenoxy) is 3. The van der Waals surface area contributed by atoms with Crippen LogP contribution < -0.4 is 14.8 Å². The Hall–Kier alpha value is -2.85. The van der Waals surface area contributed by atoms with Crippen molar-refractivity contribution in [3.05, 3.63) is 48.0 Å². The van der Waals surface area contributed by atoms with Crippen molar-refractivity contribution in [2.75, 3.05) is 38.4 Å². The average Bonchev–Trinajstić information content (AvgIpc) is 3.54. The van der Waals surface area contributed by atoms with E-state index in [2.05, 4.69) is 9.88 Å². The molecule has 2 aromatic carbocycles. The number of aliphatic hydroxyl groups is 3. The zero-order valence-electron chi connectivity index (χ0n) is 21.3. The summed E-state index contributed by atoms with van der Waals surface area (Å²) in [5, 5.41) is 31.1. The number of hydrogen-bond donors (Lipinski definition) is 4. The first-order valence-corrected chi connectivity index (χ1v) is 13.3. The first-order valence-electron chi connectivity index (χ1n) is 13.3. The lowest BCUT2D eigenvalue weighted by molar-refractivity contribution is -0.0195. The Morgan fingerprint density at radius 2 is 1.65 bits per heavy atom. The number of imidazole rings is 1. The fourth-order valence-electron chi connectivity index (χ4n) is 4.52. The second-order valence-corrected chi connectivity index (χ2v) is 9.31. The van der Waals surface area contributed by atoms with Gasteiger partial charge in [0.05, 0.1) is 37.0 Å². The summed E-state index contributed by atoms with van der Waals surface area (Å²) in [7, 11) is 0. The molecule has 2 heterocycles. The van der Waals surface area contributed by atoms with Crippen LogP contribution in [0.25, 0.3) is 11.0 Å². The molecule has 4 rings (SSSR count). The molecule has 9 nitrogen and oxygen atoms in total. The topological polar surface area (TPSA) is 118 Å². The molecule has 0 saturated carbocycles. The molecule has 0 unspecified atom stereocenters. The van der Waals surface area contributed by atoms with Gasteiger partial charge in [0.1, 0.15) is 6.23 Å². The Morgan fingerprint density at radius 1 is 0.892 bits per heavy atom. The Kier molecular flexibility index (Phi) is 10.4. The van der Waals surface area contributed by atoms with Crippen LogP contribution in [-0.2, 0) is 11.3 Å². The number of unbranched alkanes of at least 4 members (excludes halogenated alkanes) is 3. The van der Waals surface area contributed by atoms with Gasteiger partial charge in [0.15, 0.2) is 11.5 Å². The molecule has 9 heteroatoms. The highest BCUT2D eigenvalue weighted by molar-refractivity contribution is 5.78. The van der Waals surface area contributed by atoms with E-state index in [1.165, 1.54) is 0 Å². The molecular formula is C28H39N3O6. The van der Waals surface area contributed by atoms with Gasteiger partial charge in [-0.15, -0.1) is 0 Å². The number of aromatic nitrogens is 2. The molecule has 0 radical (unpaired) electrons. The maximum Gasteiger partial charge on any atom is 0.206 e. The maximum atomic E-state index is 9.54. The zero-order valence-corrected chi connectivity index (χ0v) is 21.3. The molecule has 0 bridgehead atoms. The molecule has 0 aliphatic carbocycles. The smallest absolute Gasteiger partial charge is 0.206 e. The molecule has 37 heavy (non-hydrogen) atoms. The van der Waals surface area contributed by atoms with Crippen molar-refractivity contribution in [3.8, 4) is 11.5 Å². The predicted molar refractivity (Wildman–Crippen MR) is 142 cm³/mol. The van der Waals surface area contributed by atoms with Crippen LogP contribution in [0.3, 0.4) is 0 Å². The minimum absolute atomic E-state index is 0.0167. The molecule has 1 saturated heterocycles. The Balaban J connectivity index is 1.47. The molecule has 3 aromatic rings. The fraction of sp³-hybridized carbons (Fsp3) is 0.536. The third-order valence-electron chi connectivity index (χ3n) is 6.50. The number of para-hydroxylation sites is 2. The first kappa shape index (κ1) is 27.2. The number of nitrogens with zero attached hydrogens (tertiary/aromatic N) is 2. The number of anilines is 1. The molecule has 0 spiro atoms. The van der Waals surface area contributed by atoms with Gasteiger partial charge in [-0.3, -0.25) is 4.57 Å². The number of benzene rings is 2. The van der Waals surface area contributed by atoms with Gasteiger partial charge in [-0.25, -0.2) is 4.98 Å². The van der Waals surface area contributed by atoms with E-state index >= 15 is 0 Å². The van der Waals surface area contributed by atoms with Gasteiger partial charge < -0.3 is 34.8 Å². The van der Waals surface area contributed by atoms with Crippen LogP contribution in [0.4, 0.5) is 5.95 Å². The second kappa shape index (κ2) is 14.2. The number of nitrogens with one attached hydrogen (secondary N) is 1. The lowest BCUT2D eigenvalue weighted by Gasteiger charge is -2.18. The fourth-order valence-corrected chi connectivity index (χ4v) is 4.52. The van der Waals surface area contributed by atoms with Gasteiger partial charge in [-0.2, -0.15) is 0 Å². The lowest BCUT2D eigenvalue weighted by Crippen LogP contribution is -2.16. The molecule has 2 atom stereocenters. The van der Waals surface area contributed by atoms with Crippen molar-refractivity contribution < 1.29 is 29.5 Å². The van der Waals surface area contributed by atoms with E-state index < -0.39 is 0 Å². The van der Waals surface area contributed by atoms with Gasteiger partial charge in [0.2, 0.25) is 5.95 Å². The molecule has 1 aliphatic heterocycles. The van der Waals surface area contributed by atoms with Gasteiger partial charge >= 0.3 is 0 Å². The van der Waals surface area contributed by atoms with E-state index in [-0.39, 0.29) is 32.2 Å². The summed E-state index contributed by atoms with van der Waals surface area (Å²) in [6.45, 7) is 1.95.